The quantitative estimate of drug-likeness (QED) is 0.648. The van der Waals surface area contributed by atoms with Gasteiger partial charge in [-0.15, -0.1) is 0 Å². The first kappa shape index (κ1) is 15.2. The highest BCUT2D eigenvalue weighted by Crippen LogP contribution is 2.67. The zero-order chi connectivity index (χ0) is 15.5. The molecule has 0 aromatic carbocycles. The van der Waals surface area contributed by atoms with Crippen LogP contribution in [0.15, 0.2) is 11.6 Å². The molecule has 0 radical (unpaired) electrons. The van der Waals surface area contributed by atoms with Gasteiger partial charge in [0.15, 0.2) is 0 Å². The van der Waals surface area contributed by atoms with Crippen LogP contribution in [0.2, 0.25) is 0 Å². The van der Waals surface area contributed by atoms with E-state index >= 15 is 0 Å². The average Bonchev–Trinajstić information content (AvgIpc) is 2.84. The molecule has 0 aromatic heterocycles. The Hall–Kier alpha value is -0.300. The van der Waals surface area contributed by atoms with Crippen LogP contribution in [0.3, 0.4) is 0 Å². The second-order valence-electron chi connectivity index (χ2n) is 9.36. The molecule has 0 unspecified atom stereocenters. The van der Waals surface area contributed by atoms with Crippen molar-refractivity contribution in [3.63, 3.8) is 0 Å². The van der Waals surface area contributed by atoms with Gasteiger partial charge in [0, 0.05) is 0 Å². The summed E-state index contributed by atoms with van der Waals surface area (Å²) < 4.78 is 0. The van der Waals surface area contributed by atoms with Crippen LogP contribution in [0.4, 0.5) is 0 Å². The molecule has 3 fully saturated rings. The Labute approximate surface area is 136 Å². The molecule has 4 rings (SSSR count). The van der Waals surface area contributed by atoms with Gasteiger partial charge in [-0.2, -0.15) is 0 Å². The third kappa shape index (κ3) is 1.93. The van der Waals surface area contributed by atoms with Gasteiger partial charge in [-0.25, -0.2) is 0 Å². The van der Waals surface area contributed by atoms with Crippen LogP contribution in [0, 0.1) is 34.5 Å². The van der Waals surface area contributed by atoms with E-state index in [9.17, 15) is 5.11 Å². The van der Waals surface area contributed by atoms with Crippen molar-refractivity contribution in [3.8, 4) is 0 Å². The third-order valence-corrected chi connectivity index (χ3v) is 8.78. The number of hydrogen-bond donors (Lipinski definition) is 1. The highest BCUT2D eigenvalue weighted by Gasteiger charge is 2.58. The molecule has 0 saturated heterocycles. The monoisotopic (exact) mass is 302 g/mol. The number of fused-ring (bicyclic) bond motifs is 5. The van der Waals surface area contributed by atoms with Crippen LogP contribution in [0.5, 0.6) is 0 Å². The Morgan fingerprint density at radius 1 is 1.05 bits per heavy atom. The molecule has 0 amide bonds. The van der Waals surface area contributed by atoms with Crippen molar-refractivity contribution in [3.05, 3.63) is 11.6 Å². The van der Waals surface area contributed by atoms with E-state index in [1.54, 1.807) is 5.57 Å². The average molecular weight is 303 g/mol. The summed E-state index contributed by atoms with van der Waals surface area (Å²) in [5.74, 6) is 3.83. The number of rotatable bonds is 1. The lowest BCUT2D eigenvalue weighted by Gasteiger charge is -2.58. The summed E-state index contributed by atoms with van der Waals surface area (Å²) >= 11 is 0. The minimum absolute atomic E-state index is 0.163. The standard InChI is InChI=1S/C21H34O/c1-4-14-6-8-18-17-7-5-15-13-16(22)9-11-21(15,3)19(17)10-12-20(14,18)2/h13-14,16-19,22H,4-12H2,1-3H3/t14-,16-,17-,18-,19-,20+,21-/m0/s1. The van der Waals surface area contributed by atoms with E-state index in [4.69, 9.17) is 0 Å². The van der Waals surface area contributed by atoms with Crippen LogP contribution < -0.4 is 0 Å². The largest absolute Gasteiger partial charge is 0.389 e. The summed E-state index contributed by atoms with van der Waals surface area (Å²) in [6.07, 6.45) is 14.2. The number of hydrogen-bond acceptors (Lipinski definition) is 1. The summed E-state index contributed by atoms with van der Waals surface area (Å²) in [5, 5.41) is 10.0. The van der Waals surface area contributed by atoms with Gasteiger partial charge in [0.1, 0.15) is 0 Å². The van der Waals surface area contributed by atoms with Gasteiger partial charge in [-0.1, -0.05) is 38.8 Å². The Balaban J connectivity index is 1.65. The Morgan fingerprint density at radius 3 is 2.64 bits per heavy atom. The zero-order valence-electron chi connectivity index (χ0n) is 14.8. The van der Waals surface area contributed by atoms with Gasteiger partial charge in [0.2, 0.25) is 0 Å². The first-order valence-electron chi connectivity index (χ1n) is 9.88. The van der Waals surface area contributed by atoms with E-state index in [-0.39, 0.29) is 6.10 Å². The number of aliphatic hydroxyl groups is 1. The summed E-state index contributed by atoms with van der Waals surface area (Å²) in [4.78, 5) is 0. The lowest BCUT2D eigenvalue weighted by atomic mass is 9.46. The molecule has 1 heteroatoms. The minimum Gasteiger partial charge on any atom is -0.389 e. The second kappa shape index (κ2) is 5.10. The summed E-state index contributed by atoms with van der Waals surface area (Å²) in [6, 6.07) is 0. The summed E-state index contributed by atoms with van der Waals surface area (Å²) in [6.45, 7) is 7.58. The van der Waals surface area contributed by atoms with E-state index in [0.29, 0.717) is 10.8 Å². The van der Waals surface area contributed by atoms with Gasteiger partial charge in [-0.3, -0.25) is 0 Å². The van der Waals surface area contributed by atoms with Gasteiger partial charge in [0.05, 0.1) is 6.10 Å². The van der Waals surface area contributed by atoms with Gasteiger partial charge in [-0.05, 0) is 85.9 Å². The van der Waals surface area contributed by atoms with Crippen molar-refractivity contribution in [2.75, 3.05) is 0 Å². The molecule has 0 aromatic rings. The lowest BCUT2D eigenvalue weighted by Crippen LogP contribution is -2.50. The molecule has 7 atom stereocenters. The predicted molar refractivity (Wildman–Crippen MR) is 91.5 cm³/mol. The number of aliphatic hydroxyl groups excluding tert-OH is 1. The maximum atomic E-state index is 10.0. The maximum absolute atomic E-state index is 10.0. The van der Waals surface area contributed by atoms with Crippen molar-refractivity contribution in [1.82, 2.24) is 0 Å². The van der Waals surface area contributed by atoms with Gasteiger partial charge < -0.3 is 5.11 Å². The van der Waals surface area contributed by atoms with Crippen LogP contribution in [0.1, 0.15) is 78.6 Å². The summed E-state index contributed by atoms with van der Waals surface area (Å²) in [5.41, 5.74) is 2.66. The van der Waals surface area contributed by atoms with Crippen LogP contribution in [-0.2, 0) is 0 Å². The molecule has 4 aliphatic carbocycles. The van der Waals surface area contributed by atoms with Crippen molar-refractivity contribution in [2.45, 2.75) is 84.7 Å². The Bertz CT molecular complexity index is 480. The van der Waals surface area contributed by atoms with E-state index in [1.165, 1.54) is 51.4 Å². The van der Waals surface area contributed by atoms with E-state index in [0.717, 1.165) is 30.1 Å². The molecule has 22 heavy (non-hydrogen) atoms. The first-order chi connectivity index (χ1) is 10.5. The SMILES string of the molecule is CC[C@H]1CC[C@H]2[C@@H]3CCC4=C[C@@H](O)CC[C@]4(C)[C@H]3CC[C@]12C. The molecule has 0 heterocycles. The normalized spacial score (nSPS) is 54.2. The second-order valence-corrected chi connectivity index (χ2v) is 9.36. The fourth-order valence-corrected chi connectivity index (χ4v) is 7.49. The van der Waals surface area contributed by atoms with Crippen LogP contribution in [0.25, 0.3) is 0 Å². The molecular formula is C21H34O. The van der Waals surface area contributed by atoms with Crippen molar-refractivity contribution in [2.24, 2.45) is 34.5 Å². The van der Waals surface area contributed by atoms with Crippen LogP contribution in [-0.4, -0.2) is 11.2 Å². The predicted octanol–water partition coefficient (Wildman–Crippen LogP) is 5.34. The highest BCUT2D eigenvalue weighted by molar-refractivity contribution is 5.25. The molecule has 0 spiro atoms. The van der Waals surface area contributed by atoms with Crippen molar-refractivity contribution < 1.29 is 5.11 Å². The Morgan fingerprint density at radius 2 is 1.86 bits per heavy atom. The topological polar surface area (TPSA) is 20.2 Å². The van der Waals surface area contributed by atoms with E-state index in [2.05, 4.69) is 26.8 Å². The zero-order valence-corrected chi connectivity index (χ0v) is 14.8. The fourth-order valence-electron chi connectivity index (χ4n) is 7.49. The minimum atomic E-state index is -0.163. The highest BCUT2D eigenvalue weighted by atomic mass is 16.3. The Kier molecular flexibility index (Phi) is 3.53. The maximum Gasteiger partial charge on any atom is 0.0724 e. The van der Waals surface area contributed by atoms with Gasteiger partial charge in [0.25, 0.3) is 0 Å². The van der Waals surface area contributed by atoms with Crippen molar-refractivity contribution >= 4 is 0 Å². The molecule has 1 nitrogen and oxygen atoms in total. The fraction of sp³-hybridized carbons (Fsp3) is 0.905. The molecule has 0 bridgehead atoms. The first-order valence-corrected chi connectivity index (χ1v) is 9.88. The smallest absolute Gasteiger partial charge is 0.0724 e. The molecule has 4 aliphatic rings. The molecule has 124 valence electrons. The molecule has 3 saturated carbocycles. The van der Waals surface area contributed by atoms with Crippen molar-refractivity contribution in [1.29, 1.82) is 0 Å². The molecule has 0 aliphatic heterocycles. The number of allylic oxidation sites excluding steroid dienone is 1. The molecular weight excluding hydrogens is 268 g/mol. The third-order valence-electron chi connectivity index (χ3n) is 8.78. The lowest BCUT2D eigenvalue weighted by molar-refractivity contribution is -0.0554. The molecule has 1 N–H and O–H groups in total. The van der Waals surface area contributed by atoms with E-state index < -0.39 is 0 Å². The van der Waals surface area contributed by atoms with Gasteiger partial charge >= 0.3 is 0 Å². The van der Waals surface area contributed by atoms with Crippen LogP contribution >= 0.6 is 0 Å². The summed E-state index contributed by atoms with van der Waals surface area (Å²) in [7, 11) is 0. The van der Waals surface area contributed by atoms with E-state index in [1.807, 2.05) is 0 Å².